The summed E-state index contributed by atoms with van der Waals surface area (Å²) >= 11 is 0. The van der Waals surface area contributed by atoms with E-state index >= 15 is 0 Å². The molecule has 0 saturated carbocycles. The molecule has 0 aromatic rings. The zero-order chi connectivity index (χ0) is 15.5. The predicted molar refractivity (Wildman–Crippen MR) is 85.1 cm³/mol. The van der Waals surface area contributed by atoms with Crippen molar-refractivity contribution in [3.63, 3.8) is 0 Å². The first kappa shape index (κ1) is 19.0. The second kappa shape index (κ2) is 9.87. The fraction of sp³-hybridized carbons (Fsp3) is 0.778. The normalized spacial score (nSPS) is 16.1. The highest BCUT2D eigenvalue weighted by Crippen LogP contribution is 2.19. The summed E-state index contributed by atoms with van der Waals surface area (Å²) in [5.74, 6) is 11.8. The van der Waals surface area contributed by atoms with Crippen molar-refractivity contribution < 1.29 is 10.2 Å². The molecule has 0 amide bonds. The molecule has 0 aliphatic heterocycles. The van der Waals surface area contributed by atoms with Gasteiger partial charge >= 0.3 is 0 Å². The molecule has 114 valence electrons. The number of aliphatic hydroxyl groups is 2. The highest BCUT2D eigenvalue weighted by atomic mass is 16.3. The number of unbranched alkanes of at least 4 members (excludes halogenated alkanes) is 4. The average Bonchev–Trinajstić information content (AvgIpc) is 2.38. The van der Waals surface area contributed by atoms with Crippen LogP contribution in [-0.2, 0) is 0 Å². The lowest BCUT2D eigenvalue weighted by molar-refractivity contribution is 0.0581. The van der Waals surface area contributed by atoms with Gasteiger partial charge < -0.3 is 10.2 Å². The third kappa shape index (κ3) is 10.9. The zero-order valence-corrected chi connectivity index (χ0v) is 13.6. The largest absolute Gasteiger partial charge is 0.378 e. The lowest BCUT2D eigenvalue weighted by Gasteiger charge is -2.22. The summed E-state index contributed by atoms with van der Waals surface area (Å²) in [6.45, 7) is 7.64. The maximum Gasteiger partial charge on any atom is 0.122 e. The van der Waals surface area contributed by atoms with Gasteiger partial charge in [0.2, 0.25) is 0 Å². The maximum absolute atomic E-state index is 10.2. The molecule has 0 spiro atoms. The van der Waals surface area contributed by atoms with Crippen LogP contribution in [0.4, 0.5) is 0 Å². The molecule has 2 nitrogen and oxygen atoms in total. The van der Waals surface area contributed by atoms with E-state index in [1.807, 2.05) is 0 Å². The first-order valence-electron chi connectivity index (χ1n) is 7.78. The van der Waals surface area contributed by atoms with Crippen LogP contribution in [0.5, 0.6) is 0 Å². The Morgan fingerprint density at radius 2 is 1.10 bits per heavy atom. The molecule has 2 atom stereocenters. The van der Waals surface area contributed by atoms with E-state index in [2.05, 4.69) is 37.5 Å². The second-order valence-corrected chi connectivity index (χ2v) is 5.86. The van der Waals surface area contributed by atoms with E-state index in [1.165, 1.54) is 0 Å². The molecule has 0 bridgehead atoms. The van der Waals surface area contributed by atoms with Crippen molar-refractivity contribution in [1.82, 2.24) is 0 Å². The van der Waals surface area contributed by atoms with Gasteiger partial charge in [-0.1, -0.05) is 38.5 Å². The van der Waals surface area contributed by atoms with Crippen LogP contribution >= 0.6 is 0 Å². The van der Waals surface area contributed by atoms with Gasteiger partial charge in [-0.3, -0.25) is 0 Å². The van der Waals surface area contributed by atoms with Crippen molar-refractivity contribution in [2.75, 3.05) is 0 Å². The SMILES string of the molecule is CCCCC#CC(C)(O)CCC(C)(O)C#CCCCC. The lowest BCUT2D eigenvalue weighted by atomic mass is 9.92. The van der Waals surface area contributed by atoms with Gasteiger partial charge in [0.15, 0.2) is 0 Å². The monoisotopic (exact) mass is 278 g/mol. The topological polar surface area (TPSA) is 40.5 Å². The van der Waals surface area contributed by atoms with E-state index < -0.39 is 11.2 Å². The Labute approximate surface area is 125 Å². The highest BCUT2D eigenvalue weighted by Gasteiger charge is 2.24. The van der Waals surface area contributed by atoms with Crippen LogP contribution in [0.1, 0.15) is 79.1 Å². The number of rotatable bonds is 7. The fourth-order valence-electron chi connectivity index (χ4n) is 1.65. The van der Waals surface area contributed by atoms with Gasteiger partial charge in [0.1, 0.15) is 11.2 Å². The van der Waals surface area contributed by atoms with E-state index in [4.69, 9.17) is 0 Å². The summed E-state index contributed by atoms with van der Waals surface area (Å²) in [7, 11) is 0. The van der Waals surface area contributed by atoms with Crippen LogP contribution in [0, 0.1) is 23.7 Å². The third-order valence-corrected chi connectivity index (χ3v) is 3.12. The van der Waals surface area contributed by atoms with E-state index in [9.17, 15) is 10.2 Å². The van der Waals surface area contributed by atoms with Crippen LogP contribution < -0.4 is 0 Å². The molecular formula is C18H30O2. The molecule has 0 aliphatic carbocycles. The Morgan fingerprint density at radius 3 is 1.40 bits per heavy atom. The van der Waals surface area contributed by atoms with E-state index in [1.54, 1.807) is 13.8 Å². The molecule has 0 rings (SSSR count). The molecule has 20 heavy (non-hydrogen) atoms. The van der Waals surface area contributed by atoms with Crippen LogP contribution in [0.3, 0.4) is 0 Å². The van der Waals surface area contributed by atoms with Gasteiger partial charge in [-0.25, -0.2) is 0 Å². The summed E-state index contributed by atoms with van der Waals surface area (Å²) in [5, 5.41) is 20.3. The Bertz CT molecular complexity index is 334. The maximum atomic E-state index is 10.2. The summed E-state index contributed by atoms with van der Waals surface area (Å²) in [6, 6.07) is 0. The Kier molecular flexibility index (Phi) is 9.39. The summed E-state index contributed by atoms with van der Waals surface area (Å²) in [4.78, 5) is 0. The molecule has 0 radical (unpaired) electrons. The molecule has 0 aromatic carbocycles. The van der Waals surface area contributed by atoms with E-state index in [0.717, 1.165) is 38.5 Å². The van der Waals surface area contributed by atoms with Crippen LogP contribution in [-0.4, -0.2) is 21.4 Å². The minimum absolute atomic E-state index is 0.432. The van der Waals surface area contributed by atoms with E-state index in [0.29, 0.717) is 12.8 Å². The van der Waals surface area contributed by atoms with Crippen molar-refractivity contribution in [3.8, 4) is 23.7 Å². The first-order chi connectivity index (χ1) is 9.33. The first-order valence-corrected chi connectivity index (χ1v) is 7.78. The van der Waals surface area contributed by atoms with Gasteiger partial charge in [-0.2, -0.15) is 0 Å². The lowest BCUT2D eigenvalue weighted by Crippen LogP contribution is -2.29. The van der Waals surface area contributed by atoms with Crippen molar-refractivity contribution >= 4 is 0 Å². The molecule has 2 heteroatoms. The number of hydrogen-bond donors (Lipinski definition) is 2. The third-order valence-electron chi connectivity index (χ3n) is 3.12. The standard InChI is InChI=1S/C18H30O2/c1-5-7-9-11-13-17(3,19)15-16-18(4,20)14-12-10-8-6-2/h19-20H,5-10,15-16H2,1-4H3. The Hall–Kier alpha value is -0.960. The van der Waals surface area contributed by atoms with Gasteiger partial charge in [0.05, 0.1) is 0 Å². The van der Waals surface area contributed by atoms with Gasteiger partial charge in [-0.15, -0.1) is 11.8 Å². The van der Waals surface area contributed by atoms with Crippen molar-refractivity contribution in [1.29, 1.82) is 0 Å². The van der Waals surface area contributed by atoms with Crippen LogP contribution in [0.15, 0.2) is 0 Å². The number of hydrogen-bond acceptors (Lipinski definition) is 2. The van der Waals surface area contributed by atoms with Crippen molar-refractivity contribution in [2.24, 2.45) is 0 Å². The van der Waals surface area contributed by atoms with E-state index in [-0.39, 0.29) is 0 Å². The van der Waals surface area contributed by atoms with Crippen LogP contribution in [0.25, 0.3) is 0 Å². The predicted octanol–water partition coefficient (Wildman–Crippen LogP) is 3.66. The quantitative estimate of drug-likeness (QED) is 0.551. The minimum Gasteiger partial charge on any atom is -0.378 e. The Morgan fingerprint density at radius 1 is 0.750 bits per heavy atom. The molecule has 0 aliphatic rings. The second-order valence-electron chi connectivity index (χ2n) is 5.86. The van der Waals surface area contributed by atoms with Crippen molar-refractivity contribution in [2.45, 2.75) is 90.3 Å². The zero-order valence-electron chi connectivity index (χ0n) is 13.6. The molecule has 2 unspecified atom stereocenters. The Balaban J connectivity index is 4.26. The smallest absolute Gasteiger partial charge is 0.122 e. The minimum atomic E-state index is -1.04. The molecule has 0 fully saturated rings. The van der Waals surface area contributed by atoms with Gasteiger partial charge in [0.25, 0.3) is 0 Å². The summed E-state index contributed by atoms with van der Waals surface area (Å²) in [6.07, 6.45) is 6.84. The summed E-state index contributed by atoms with van der Waals surface area (Å²) < 4.78 is 0. The van der Waals surface area contributed by atoms with Gasteiger partial charge in [0, 0.05) is 12.8 Å². The molecule has 2 N–H and O–H groups in total. The van der Waals surface area contributed by atoms with Crippen LogP contribution in [0.2, 0.25) is 0 Å². The molecule has 0 aromatic heterocycles. The highest BCUT2D eigenvalue weighted by molar-refractivity contribution is 5.15. The fourth-order valence-corrected chi connectivity index (χ4v) is 1.65. The van der Waals surface area contributed by atoms with Crippen molar-refractivity contribution in [3.05, 3.63) is 0 Å². The molecule has 0 heterocycles. The molecule has 0 saturated heterocycles. The summed E-state index contributed by atoms with van der Waals surface area (Å²) in [5.41, 5.74) is -2.08. The van der Waals surface area contributed by atoms with Gasteiger partial charge in [-0.05, 0) is 39.5 Å². The average molecular weight is 278 g/mol. The molecular weight excluding hydrogens is 248 g/mol.